The number of carboxylic acids is 1. The van der Waals surface area contributed by atoms with Crippen LogP contribution in [0.5, 0.6) is 0 Å². The molecule has 8 nitrogen and oxygen atoms in total. The number of aromatic carboxylic acids is 1. The Bertz CT molecular complexity index is 1240. The average Bonchev–Trinajstić information content (AvgIpc) is 3.31. The summed E-state index contributed by atoms with van der Waals surface area (Å²) in [5.41, 5.74) is 3.11. The average molecular weight is 500 g/mol. The number of nitrogens with zero attached hydrogens (tertiary/aromatic N) is 5. The second-order valence-corrected chi connectivity index (χ2v) is 10.1. The van der Waals surface area contributed by atoms with Crippen LogP contribution in [0.3, 0.4) is 0 Å². The van der Waals surface area contributed by atoms with Crippen LogP contribution in [0.25, 0.3) is 5.69 Å². The molecule has 3 fully saturated rings. The Labute approximate surface area is 206 Å². The van der Waals surface area contributed by atoms with Gasteiger partial charge in [-0.25, -0.2) is 19.4 Å². The van der Waals surface area contributed by atoms with Gasteiger partial charge in [0.05, 0.1) is 46.6 Å². The molecule has 2 aromatic heterocycles. The van der Waals surface area contributed by atoms with Crippen LogP contribution in [0.15, 0.2) is 36.8 Å². The van der Waals surface area contributed by atoms with E-state index in [0.717, 1.165) is 50.0 Å². The molecular weight excluding hydrogens is 477 g/mol. The second-order valence-electron chi connectivity index (χ2n) is 9.33. The van der Waals surface area contributed by atoms with Gasteiger partial charge in [0.25, 0.3) is 0 Å². The van der Waals surface area contributed by atoms with Crippen LogP contribution in [0, 0.1) is 5.92 Å². The number of benzene rings is 1. The summed E-state index contributed by atoms with van der Waals surface area (Å²) in [7, 11) is 0. The molecule has 10 heteroatoms. The van der Waals surface area contributed by atoms with E-state index in [1.54, 1.807) is 12.4 Å². The van der Waals surface area contributed by atoms with E-state index >= 15 is 0 Å². The molecule has 1 N–H and O–H groups in total. The molecule has 176 valence electrons. The van der Waals surface area contributed by atoms with Crippen LogP contribution in [0.1, 0.15) is 59.9 Å². The highest BCUT2D eigenvalue weighted by atomic mass is 35.5. The third-order valence-corrected chi connectivity index (χ3v) is 7.78. The van der Waals surface area contributed by atoms with Crippen LogP contribution in [0.4, 0.5) is 5.69 Å². The molecule has 2 atom stereocenters. The number of rotatable bonds is 7. The topological polar surface area (TPSA) is 93.4 Å². The van der Waals surface area contributed by atoms with Crippen molar-refractivity contribution in [3.05, 3.63) is 63.9 Å². The number of aromatic nitrogens is 4. The molecule has 2 aliphatic carbocycles. The zero-order chi connectivity index (χ0) is 23.4. The van der Waals surface area contributed by atoms with E-state index in [-0.39, 0.29) is 5.82 Å². The van der Waals surface area contributed by atoms with Crippen molar-refractivity contribution in [2.75, 3.05) is 11.4 Å². The minimum Gasteiger partial charge on any atom is -0.475 e. The van der Waals surface area contributed by atoms with E-state index in [2.05, 4.69) is 20.0 Å². The molecule has 3 heterocycles. The van der Waals surface area contributed by atoms with Gasteiger partial charge in [-0.1, -0.05) is 29.3 Å². The Balaban J connectivity index is 1.32. The maximum atomic E-state index is 11.2. The molecule has 0 unspecified atom stereocenters. The SMILES string of the molecule is O=C(O)c1ncc(N2C[C@H]3CC[C@]2(OCc2c(C4CC4)cnn2-c2c(Cl)cccc2Cl)C3)cn1. The summed E-state index contributed by atoms with van der Waals surface area (Å²) < 4.78 is 8.56. The monoisotopic (exact) mass is 499 g/mol. The van der Waals surface area contributed by atoms with Gasteiger partial charge in [0.15, 0.2) is 0 Å². The molecule has 3 aliphatic rings. The molecular formula is C24H23Cl2N5O3. The Hall–Kier alpha value is -2.68. The quantitative estimate of drug-likeness (QED) is 0.484. The van der Waals surface area contributed by atoms with Crippen molar-refractivity contribution < 1.29 is 14.6 Å². The molecule has 1 aromatic carbocycles. The number of carbonyl (C=O) groups is 1. The van der Waals surface area contributed by atoms with Crippen molar-refractivity contribution in [1.29, 1.82) is 0 Å². The lowest BCUT2D eigenvalue weighted by Crippen LogP contribution is -2.47. The highest BCUT2D eigenvalue weighted by Crippen LogP contribution is 2.50. The van der Waals surface area contributed by atoms with Gasteiger partial charge in [-0.05, 0) is 61.6 Å². The van der Waals surface area contributed by atoms with Crippen LogP contribution < -0.4 is 4.90 Å². The minimum absolute atomic E-state index is 0.210. The molecule has 3 aromatic rings. The standard InChI is InChI=1S/C24H23Cl2N5O3/c25-18-2-1-3-19(26)21(18)31-20(17(11-29-31)15-4-5-15)13-34-24-7-6-14(8-24)12-30(24)16-9-27-22(23(32)33)28-10-16/h1-3,9-11,14-15H,4-8,12-13H2,(H,32,33)/t14-,24-/m0/s1. The number of para-hydroxylation sites is 1. The Morgan fingerprint density at radius 3 is 2.53 bits per heavy atom. The first kappa shape index (κ1) is 21.8. The van der Waals surface area contributed by atoms with Gasteiger partial charge in [-0.2, -0.15) is 5.10 Å². The van der Waals surface area contributed by atoms with Crippen molar-refractivity contribution in [3.8, 4) is 5.69 Å². The van der Waals surface area contributed by atoms with Crippen LogP contribution in [0.2, 0.25) is 10.0 Å². The fourth-order valence-electron chi connectivity index (χ4n) is 5.38. The summed E-state index contributed by atoms with van der Waals surface area (Å²) in [6, 6.07) is 5.44. The van der Waals surface area contributed by atoms with E-state index in [1.165, 1.54) is 5.56 Å². The second kappa shape index (κ2) is 8.22. The van der Waals surface area contributed by atoms with Crippen molar-refractivity contribution in [3.63, 3.8) is 0 Å². The molecule has 0 spiro atoms. The van der Waals surface area contributed by atoms with Crippen LogP contribution in [-0.4, -0.2) is 43.1 Å². The Morgan fingerprint density at radius 2 is 1.88 bits per heavy atom. The fourth-order valence-corrected chi connectivity index (χ4v) is 5.94. The number of piperidine rings is 1. The van der Waals surface area contributed by atoms with Gasteiger partial charge in [0.1, 0.15) is 11.4 Å². The Morgan fingerprint density at radius 1 is 1.15 bits per heavy atom. The third-order valence-electron chi connectivity index (χ3n) is 7.17. The van der Waals surface area contributed by atoms with E-state index < -0.39 is 11.7 Å². The van der Waals surface area contributed by atoms with E-state index in [0.29, 0.717) is 34.2 Å². The number of hydrogen-bond donors (Lipinski definition) is 1. The Kier molecular flexibility index (Phi) is 5.28. The first-order valence-electron chi connectivity index (χ1n) is 11.4. The number of ether oxygens (including phenoxy) is 1. The number of halogens is 2. The molecule has 0 amide bonds. The summed E-state index contributed by atoms with van der Waals surface area (Å²) in [4.78, 5) is 21.4. The predicted octanol–water partition coefficient (Wildman–Crippen LogP) is 5.08. The van der Waals surface area contributed by atoms with Gasteiger partial charge in [0.2, 0.25) is 5.82 Å². The first-order chi connectivity index (χ1) is 16.4. The number of fused-ring (bicyclic) bond motifs is 2. The van der Waals surface area contributed by atoms with E-state index in [4.69, 9.17) is 33.0 Å². The molecule has 0 radical (unpaired) electrons. The third kappa shape index (κ3) is 3.65. The highest BCUT2D eigenvalue weighted by molar-refractivity contribution is 6.37. The lowest BCUT2D eigenvalue weighted by atomic mass is 10.1. The molecule has 1 aliphatic heterocycles. The van der Waals surface area contributed by atoms with Crippen molar-refractivity contribution >= 4 is 34.9 Å². The van der Waals surface area contributed by atoms with E-state index in [1.807, 2.05) is 29.1 Å². The number of carboxylic acid groups (broad SMARTS) is 1. The van der Waals surface area contributed by atoms with Gasteiger partial charge >= 0.3 is 5.97 Å². The van der Waals surface area contributed by atoms with Gasteiger partial charge in [-0.15, -0.1) is 0 Å². The minimum atomic E-state index is -1.14. The number of hydrogen-bond acceptors (Lipinski definition) is 6. The van der Waals surface area contributed by atoms with Crippen molar-refractivity contribution in [2.24, 2.45) is 5.92 Å². The largest absolute Gasteiger partial charge is 0.475 e. The lowest BCUT2D eigenvalue weighted by Gasteiger charge is -2.40. The molecule has 6 rings (SSSR count). The zero-order valence-corrected chi connectivity index (χ0v) is 19.8. The van der Waals surface area contributed by atoms with Crippen molar-refractivity contribution in [2.45, 2.75) is 50.4 Å². The molecule has 34 heavy (non-hydrogen) atoms. The van der Waals surface area contributed by atoms with Gasteiger partial charge in [-0.3, -0.25) is 0 Å². The highest BCUT2D eigenvalue weighted by Gasteiger charge is 2.52. The normalized spacial score (nSPS) is 23.6. The van der Waals surface area contributed by atoms with Crippen LogP contribution in [-0.2, 0) is 11.3 Å². The zero-order valence-electron chi connectivity index (χ0n) is 18.3. The van der Waals surface area contributed by atoms with Gasteiger partial charge < -0.3 is 14.7 Å². The van der Waals surface area contributed by atoms with Crippen molar-refractivity contribution in [1.82, 2.24) is 19.7 Å². The summed E-state index contributed by atoms with van der Waals surface area (Å²) in [6.45, 7) is 1.20. The molecule has 2 saturated carbocycles. The summed E-state index contributed by atoms with van der Waals surface area (Å²) >= 11 is 13.0. The summed E-state index contributed by atoms with van der Waals surface area (Å²) in [5.74, 6) is -0.346. The van der Waals surface area contributed by atoms with Crippen LogP contribution >= 0.6 is 23.2 Å². The first-order valence-corrected chi connectivity index (χ1v) is 12.2. The summed E-state index contributed by atoms with van der Waals surface area (Å²) in [6.07, 6.45) is 10.2. The predicted molar refractivity (Wildman–Crippen MR) is 127 cm³/mol. The molecule has 2 bridgehead atoms. The van der Waals surface area contributed by atoms with Gasteiger partial charge in [0, 0.05) is 6.54 Å². The smallest absolute Gasteiger partial charge is 0.373 e. The van der Waals surface area contributed by atoms with E-state index in [9.17, 15) is 4.79 Å². The maximum Gasteiger partial charge on any atom is 0.373 e. The molecule has 1 saturated heterocycles. The lowest BCUT2D eigenvalue weighted by molar-refractivity contribution is -0.0471. The summed E-state index contributed by atoms with van der Waals surface area (Å²) in [5, 5.41) is 14.9. The fraction of sp³-hybridized carbons (Fsp3) is 0.417. The number of anilines is 1. The maximum absolute atomic E-state index is 11.2.